The van der Waals surface area contributed by atoms with Crippen LogP contribution < -0.4 is 5.32 Å². The molecule has 3 aliphatic rings. The maximum absolute atomic E-state index is 12.3. The first kappa shape index (κ1) is 16.6. The second-order valence-corrected chi connectivity index (χ2v) is 8.70. The van der Waals surface area contributed by atoms with E-state index in [1.165, 1.54) is 18.4 Å². The third kappa shape index (κ3) is 3.53. The molecule has 4 rings (SSSR count). The van der Waals surface area contributed by atoms with Gasteiger partial charge in [0, 0.05) is 26.2 Å². The number of carbonyl (C=O) groups is 1. The predicted molar refractivity (Wildman–Crippen MR) is 95.9 cm³/mol. The molecule has 1 aromatic heterocycles. The van der Waals surface area contributed by atoms with Gasteiger partial charge in [0.15, 0.2) is 0 Å². The number of carbonyl (C=O) groups excluding carboxylic acids is 1. The van der Waals surface area contributed by atoms with Gasteiger partial charge in [0.1, 0.15) is 6.10 Å². The minimum atomic E-state index is -0.227. The van der Waals surface area contributed by atoms with Gasteiger partial charge in [-0.3, -0.25) is 9.69 Å². The average molecular weight is 349 g/mol. The van der Waals surface area contributed by atoms with E-state index in [1.807, 2.05) is 0 Å². The molecule has 3 fully saturated rings. The lowest BCUT2D eigenvalue weighted by Gasteiger charge is -2.44. The van der Waals surface area contributed by atoms with E-state index in [9.17, 15) is 4.79 Å². The molecule has 1 saturated carbocycles. The fourth-order valence-corrected chi connectivity index (χ4v) is 4.87. The first-order chi connectivity index (χ1) is 11.6. The fourth-order valence-electron chi connectivity index (χ4n) is 4.21. The van der Waals surface area contributed by atoms with Crippen molar-refractivity contribution in [3.63, 3.8) is 0 Å². The van der Waals surface area contributed by atoms with Crippen LogP contribution in [-0.2, 0) is 16.1 Å². The lowest BCUT2D eigenvalue weighted by molar-refractivity contribution is -0.147. The molecule has 1 aliphatic carbocycles. The van der Waals surface area contributed by atoms with Crippen molar-refractivity contribution >= 4 is 17.2 Å². The van der Waals surface area contributed by atoms with Gasteiger partial charge in [-0.1, -0.05) is 6.92 Å². The molecule has 2 saturated heterocycles. The molecule has 4 nitrogen and oxygen atoms in total. The summed E-state index contributed by atoms with van der Waals surface area (Å²) in [4.78, 5) is 14.9. The SMILES string of the molecule is C[C@H]1CN(Cc2ccsc2)CC[C@]12CC[C@@H](C(=O)NCC1CC1)O2. The number of rotatable bonds is 5. The van der Waals surface area contributed by atoms with Crippen molar-refractivity contribution < 1.29 is 9.53 Å². The van der Waals surface area contributed by atoms with Gasteiger partial charge in [-0.25, -0.2) is 0 Å². The van der Waals surface area contributed by atoms with Crippen LogP contribution in [0.25, 0.3) is 0 Å². The van der Waals surface area contributed by atoms with Crippen LogP contribution in [0.2, 0.25) is 0 Å². The predicted octanol–water partition coefficient (Wildman–Crippen LogP) is 3.03. The minimum Gasteiger partial charge on any atom is -0.362 e. The number of nitrogens with zero attached hydrogens (tertiary/aromatic N) is 1. The third-order valence-electron chi connectivity index (χ3n) is 6.03. The molecular formula is C19H28N2O2S. The van der Waals surface area contributed by atoms with Crippen molar-refractivity contribution in [2.45, 2.75) is 57.3 Å². The van der Waals surface area contributed by atoms with Crippen LogP contribution in [0.5, 0.6) is 0 Å². The molecule has 132 valence electrons. The topological polar surface area (TPSA) is 41.6 Å². The number of hydrogen-bond acceptors (Lipinski definition) is 4. The van der Waals surface area contributed by atoms with Crippen molar-refractivity contribution in [2.24, 2.45) is 11.8 Å². The number of thiophene rings is 1. The van der Waals surface area contributed by atoms with Crippen molar-refractivity contribution in [3.8, 4) is 0 Å². The monoisotopic (exact) mass is 348 g/mol. The smallest absolute Gasteiger partial charge is 0.249 e. The van der Waals surface area contributed by atoms with Crippen molar-refractivity contribution in [2.75, 3.05) is 19.6 Å². The van der Waals surface area contributed by atoms with Crippen LogP contribution in [0.1, 0.15) is 44.6 Å². The summed E-state index contributed by atoms with van der Waals surface area (Å²) in [6.07, 6.45) is 5.27. The Bertz CT molecular complexity index is 572. The van der Waals surface area contributed by atoms with Gasteiger partial charge >= 0.3 is 0 Å². The van der Waals surface area contributed by atoms with E-state index in [1.54, 1.807) is 11.3 Å². The zero-order valence-electron chi connectivity index (χ0n) is 14.5. The van der Waals surface area contributed by atoms with Crippen LogP contribution in [0.4, 0.5) is 0 Å². The first-order valence-corrected chi connectivity index (χ1v) is 10.3. The lowest BCUT2D eigenvalue weighted by atomic mass is 9.80. The standard InChI is InChI=1S/C19H28N2O2S/c1-14-11-21(12-16-5-9-24-13-16)8-7-19(14)6-4-17(23-19)18(22)20-10-15-2-3-15/h5,9,13-15,17H,2-4,6-8,10-12H2,1H3,(H,20,22)/t14-,17-,19+/m0/s1. The number of nitrogens with one attached hydrogen (secondary N) is 1. The molecule has 1 spiro atoms. The Hall–Kier alpha value is -0.910. The van der Waals surface area contributed by atoms with Crippen LogP contribution >= 0.6 is 11.3 Å². The van der Waals surface area contributed by atoms with Crippen molar-refractivity contribution in [1.29, 1.82) is 0 Å². The molecule has 24 heavy (non-hydrogen) atoms. The lowest BCUT2D eigenvalue weighted by Crippen LogP contribution is -2.51. The highest BCUT2D eigenvalue weighted by atomic mass is 32.1. The highest BCUT2D eigenvalue weighted by molar-refractivity contribution is 7.07. The molecule has 0 aromatic carbocycles. The molecular weight excluding hydrogens is 320 g/mol. The van der Waals surface area contributed by atoms with Gasteiger partial charge in [-0.2, -0.15) is 11.3 Å². The number of piperidine rings is 1. The summed E-state index contributed by atoms with van der Waals surface area (Å²) in [6, 6.07) is 2.21. The summed E-state index contributed by atoms with van der Waals surface area (Å²) in [5, 5.41) is 7.47. The summed E-state index contributed by atoms with van der Waals surface area (Å²) in [5.74, 6) is 1.32. The molecule has 1 amide bonds. The normalized spacial score (nSPS) is 33.9. The van der Waals surface area contributed by atoms with E-state index in [-0.39, 0.29) is 17.6 Å². The van der Waals surface area contributed by atoms with Gasteiger partial charge in [0.05, 0.1) is 5.60 Å². The zero-order valence-corrected chi connectivity index (χ0v) is 15.3. The van der Waals surface area contributed by atoms with Gasteiger partial charge in [-0.05, 0) is 66.3 Å². The highest BCUT2D eigenvalue weighted by Gasteiger charge is 2.48. The Morgan fingerprint density at radius 1 is 1.42 bits per heavy atom. The largest absolute Gasteiger partial charge is 0.362 e. The van der Waals surface area contributed by atoms with Gasteiger partial charge in [-0.15, -0.1) is 0 Å². The van der Waals surface area contributed by atoms with E-state index >= 15 is 0 Å². The molecule has 1 aromatic rings. The Morgan fingerprint density at radius 3 is 3.00 bits per heavy atom. The van der Waals surface area contributed by atoms with Gasteiger partial charge < -0.3 is 10.1 Å². The Kier molecular flexibility index (Phi) is 4.67. The van der Waals surface area contributed by atoms with E-state index in [2.05, 4.69) is 34.0 Å². The molecule has 2 aliphatic heterocycles. The van der Waals surface area contributed by atoms with Crippen LogP contribution in [0.15, 0.2) is 16.8 Å². The summed E-state index contributed by atoms with van der Waals surface area (Å²) < 4.78 is 6.36. The minimum absolute atomic E-state index is 0.0767. The number of amides is 1. The van der Waals surface area contributed by atoms with E-state index < -0.39 is 0 Å². The number of hydrogen-bond donors (Lipinski definition) is 1. The van der Waals surface area contributed by atoms with Crippen LogP contribution in [-0.4, -0.2) is 42.1 Å². The molecule has 0 radical (unpaired) electrons. The number of likely N-dealkylation sites (tertiary alicyclic amines) is 1. The summed E-state index contributed by atoms with van der Waals surface area (Å²) in [5.41, 5.74) is 1.33. The Labute approximate surface area is 148 Å². The second kappa shape index (κ2) is 6.77. The van der Waals surface area contributed by atoms with E-state index in [0.717, 1.165) is 51.4 Å². The third-order valence-corrected chi connectivity index (χ3v) is 6.76. The van der Waals surface area contributed by atoms with Crippen LogP contribution in [0, 0.1) is 11.8 Å². The molecule has 5 heteroatoms. The molecule has 1 N–H and O–H groups in total. The van der Waals surface area contributed by atoms with Crippen molar-refractivity contribution in [3.05, 3.63) is 22.4 Å². The maximum atomic E-state index is 12.3. The van der Waals surface area contributed by atoms with Gasteiger partial charge in [0.25, 0.3) is 0 Å². The van der Waals surface area contributed by atoms with E-state index in [0.29, 0.717) is 5.92 Å². The number of ether oxygens (including phenoxy) is 1. The molecule has 3 atom stereocenters. The Balaban J connectivity index is 1.30. The molecule has 3 heterocycles. The van der Waals surface area contributed by atoms with Crippen LogP contribution in [0.3, 0.4) is 0 Å². The molecule has 0 unspecified atom stereocenters. The summed E-state index contributed by atoms with van der Waals surface area (Å²) >= 11 is 1.77. The van der Waals surface area contributed by atoms with Gasteiger partial charge in [0.2, 0.25) is 5.91 Å². The summed E-state index contributed by atoms with van der Waals surface area (Å²) in [6.45, 7) is 6.30. The Morgan fingerprint density at radius 2 is 2.29 bits per heavy atom. The average Bonchev–Trinajstić information content (AvgIpc) is 3.07. The molecule has 0 bridgehead atoms. The highest BCUT2D eigenvalue weighted by Crippen LogP contribution is 2.42. The maximum Gasteiger partial charge on any atom is 0.249 e. The van der Waals surface area contributed by atoms with Crippen molar-refractivity contribution in [1.82, 2.24) is 10.2 Å². The first-order valence-electron chi connectivity index (χ1n) is 9.33. The fraction of sp³-hybridized carbons (Fsp3) is 0.737. The van der Waals surface area contributed by atoms with E-state index in [4.69, 9.17) is 4.74 Å². The quantitative estimate of drug-likeness (QED) is 0.889. The zero-order chi connectivity index (χ0) is 16.6. The summed E-state index contributed by atoms with van der Waals surface area (Å²) in [7, 11) is 0. The second-order valence-electron chi connectivity index (χ2n) is 7.92.